The van der Waals surface area contributed by atoms with E-state index in [-0.39, 0.29) is 0 Å². The number of hydrogen-bond donors (Lipinski definition) is 0. The van der Waals surface area contributed by atoms with Crippen molar-refractivity contribution in [1.82, 2.24) is 9.13 Å². The Labute approximate surface area is 340 Å². The van der Waals surface area contributed by atoms with Crippen molar-refractivity contribution >= 4 is 65.2 Å². The quantitative estimate of drug-likeness (QED) is 0.159. The van der Waals surface area contributed by atoms with Crippen LogP contribution in [0.15, 0.2) is 206 Å². The molecule has 2 aliphatic carbocycles. The van der Waals surface area contributed by atoms with Gasteiger partial charge < -0.3 is 9.13 Å². The molecule has 0 saturated carbocycles. The molecule has 2 heteroatoms. The fraction of sp³-hybridized carbons (Fsp3) is 0.0175. The molecule has 2 heterocycles. The second-order valence-corrected chi connectivity index (χ2v) is 16.4. The largest absolute Gasteiger partial charge is 0.309 e. The summed E-state index contributed by atoms with van der Waals surface area (Å²) in [6.07, 6.45) is 0. The summed E-state index contributed by atoms with van der Waals surface area (Å²) in [5.41, 5.74) is 17.3. The second kappa shape index (κ2) is 11.2. The van der Waals surface area contributed by atoms with Gasteiger partial charge in [-0.05, 0) is 121 Å². The van der Waals surface area contributed by atoms with Gasteiger partial charge in [0.25, 0.3) is 0 Å². The van der Waals surface area contributed by atoms with Crippen LogP contribution in [0.2, 0.25) is 0 Å². The number of fused-ring (bicyclic) bond motifs is 13. The summed E-state index contributed by atoms with van der Waals surface area (Å²) in [6, 6.07) is 77.3. The van der Waals surface area contributed by atoms with Gasteiger partial charge in [-0.1, -0.05) is 152 Å². The van der Waals surface area contributed by atoms with Crippen molar-refractivity contribution in [2.45, 2.75) is 5.41 Å². The highest BCUT2D eigenvalue weighted by Crippen LogP contribution is 2.62. The normalized spacial score (nSPS) is 13.6. The van der Waals surface area contributed by atoms with E-state index in [0.717, 1.165) is 0 Å². The Hall–Kier alpha value is -7.68. The van der Waals surface area contributed by atoms with Gasteiger partial charge in [0.1, 0.15) is 0 Å². The Morgan fingerprint density at radius 2 is 0.847 bits per heavy atom. The van der Waals surface area contributed by atoms with Crippen molar-refractivity contribution in [2.24, 2.45) is 0 Å². The van der Waals surface area contributed by atoms with Crippen LogP contribution in [0, 0.1) is 0 Å². The molecule has 12 aromatic rings. The molecular formula is C57H34N2. The fourth-order valence-electron chi connectivity index (χ4n) is 11.3. The van der Waals surface area contributed by atoms with E-state index in [4.69, 9.17) is 0 Å². The van der Waals surface area contributed by atoms with E-state index >= 15 is 0 Å². The van der Waals surface area contributed by atoms with Crippen molar-refractivity contribution in [3.8, 4) is 33.6 Å². The van der Waals surface area contributed by atoms with Crippen molar-refractivity contribution in [2.75, 3.05) is 0 Å². The molecule has 0 amide bonds. The fourth-order valence-corrected chi connectivity index (χ4v) is 11.3. The molecule has 0 N–H and O–H groups in total. The zero-order valence-corrected chi connectivity index (χ0v) is 32.0. The molecule has 0 saturated heterocycles. The van der Waals surface area contributed by atoms with Gasteiger partial charge in [0, 0.05) is 32.9 Å². The third kappa shape index (κ3) is 3.91. The van der Waals surface area contributed by atoms with Gasteiger partial charge in [0.05, 0.1) is 27.5 Å². The lowest BCUT2D eigenvalue weighted by Gasteiger charge is -2.31. The van der Waals surface area contributed by atoms with E-state index in [1.807, 2.05) is 0 Å². The number of para-hydroxylation sites is 3. The van der Waals surface area contributed by atoms with Crippen LogP contribution >= 0.6 is 0 Å². The summed E-state index contributed by atoms with van der Waals surface area (Å²) < 4.78 is 4.90. The van der Waals surface area contributed by atoms with Gasteiger partial charge in [-0.3, -0.25) is 0 Å². The third-order valence-corrected chi connectivity index (χ3v) is 13.7. The van der Waals surface area contributed by atoms with Crippen LogP contribution < -0.4 is 0 Å². The molecule has 2 aliphatic rings. The van der Waals surface area contributed by atoms with E-state index < -0.39 is 5.41 Å². The van der Waals surface area contributed by atoms with E-state index in [0.29, 0.717) is 0 Å². The Bertz CT molecular complexity index is 3720. The van der Waals surface area contributed by atoms with Gasteiger partial charge in [0.15, 0.2) is 0 Å². The first kappa shape index (κ1) is 31.4. The van der Waals surface area contributed by atoms with Crippen molar-refractivity contribution < 1.29 is 0 Å². The maximum atomic E-state index is 2.52. The molecule has 0 bridgehead atoms. The standard InChI is InChI=1S/C57H34N2/c1-2-14-39(15-3-1)58-52-23-9-6-18-44(52)46-32-37(27-31-53(46)58)38-26-29-45-43-17-5-8-22-51(43)59(54(45)33-38)40-28-30-42-41-16-4-7-19-47(41)57(50(42)34-40)48-20-10-12-35-24-25-36-13-11-21-49(57)56(36)55(35)48/h1-34H. The summed E-state index contributed by atoms with van der Waals surface area (Å²) in [7, 11) is 0. The van der Waals surface area contributed by atoms with Crippen molar-refractivity contribution in [3.05, 3.63) is 229 Å². The average molecular weight is 747 g/mol. The molecule has 0 atom stereocenters. The minimum absolute atomic E-state index is 0.414. The third-order valence-electron chi connectivity index (χ3n) is 13.7. The molecule has 0 aliphatic heterocycles. The summed E-state index contributed by atoms with van der Waals surface area (Å²) in [5, 5.41) is 10.4. The highest BCUT2D eigenvalue weighted by atomic mass is 15.0. The van der Waals surface area contributed by atoms with Crippen LogP contribution in [0.4, 0.5) is 0 Å². The summed E-state index contributed by atoms with van der Waals surface area (Å²) in [5.74, 6) is 0. The molecule has 272 valence electrons. The monoisotopic (exact) mass is 746 g/mol. The smallest absolute Gasteiger partial charge is 0.0726 e. The Morgan fingerprint density at radius 1 is 0.288 bits per heavy atom. The number of nitrogens with zero attached hydrogens (tertiary/aromatic N) is 2. The first-order valence-corrected chi connectivity index (χ1v) is 20.6. The van der Waals surface area contributed by atoms with Gasteiger partial charge in [-0.25, -0.2) is 0 Å². The molecular weight excluding hydrogens is 713 g/mol. The molecule has 10 aromatic carbocycles. The van der Waals surface area contributed by atoms with Gasteiger partial charge >= 0.3 is 0 Å². The number of aromatic nitrogens is 2. The predicted molar refractivity (Wildman–Crippen MR) is 246 cm³/mol. The summed E-state index contributed by atoms with van der Waals surface area (Å²) in [4.78, 5) is 0. The van der Waals surface area contributed by atoms with Gasteiger partial charge in [0.2, 0.25) is 0 Å². The van der Waals surface area contributed by atoms with Crippen molar-refractivity contribution in [3.63, 3.8) is 0 Å². The number of benzene rings is 10. The van der Waals surface area contributed by atoms with E-state index in [1.54, 1.807) is 0 Å². The minimum Gasteiger partial charge on any atom is -0.309 e. The highest BCUT2D eigenvalue weighted by molar-refractivity contribution is 6.18. The van der Waals surface area contributed by atoms with Crippen LogP contribution in [0.1, 0.15) is 22.3 Å². The highest BCUT2D eigenvalue weighted by Gasteiger charge is 2.50. The Balaban J connectivity index is 1.01. The topological polar surface area (TPSA) is 9.86 Å². The molecule has 1 spiro atoms. The van der Waals surface area contributed by atoms with E-state index in [2.05, 4.69) is 215 Å². The molecule has 0 unspecified atom stereocenters. The lowest BCUT2D eigenvalue weighted by atomic mass is 9.70. The molecule has 59 heavy (non-hydrogen) atoms. The zero-order valence-electron chi connectivity index (χ0n) is 32.0. The average Bonchev–Trinajstić information content (AvgIpc) is 4.00. The molecule has 2 aromatic heterocycles. The Morgan fingerprint density at radius 3 is 1.61 bits per heavy atom. The second-order valence-electron chi connectivity index (χ2n) is 16.4. The van der Waals surface area contributed by atoms with Crippen LogP contribution in [-0.4, -0.2) is 9.13 Å². The lowest BCUT2D eigenvalue weighted by Crippen LogP contribution is -2.26. The van der Waals surface area contributed by atoms with Gasteiger partial charge in [-0.15, -0.1) is 0 Å². The van der Waals surface area contributed by atoms with Crippen LogP contribution in [0.3, 0.4) is 0 Å². The maximum Gasteiger partial charge on any atom is 0.0726 e. The van der Waals surface area contributed by atoms with E-state index in [1.165, 1.54) is 121 Å². The van der Waals surface area contributed by atoms with Crippen LogP contribution in [0.25, 0.3) is 98.8 Å². The van der Waals surface area contributed by atoms with E-state index in [9.17, 15) is 0 Å². The maximum absolute atomic E-state index is 2.52. The van der Waals surface area contributed by atoms with Crippen LogP contribution in [-0.2, 0) is 5.41 Å². The first-order chi connectivity index (χ1) is 29.3. The molecule has 0 fully saturated rings. The number of rotatable bonds is 3. The van der Waals surface area contributed by atoms with Crippen LogP contribution in [0.5, 0.6) is 0 Å². The summed E-state index contributed by atoms with van der Waals surface area (Å²) >= 11 is 0. The molecule has 14 rings (SSSR count). The zero-order chi connectivity index (χ0) is 38.4. The van der Waals surface area contributed by atoms with Gasteiger partial charge in [-0.2, -0.15) is 0 Å². The Kier molecular flexibility index (Phi) is 5.99. The molecule has 2 nitrogen and oxygen atoms in total. The number of hydrogen-bond acceptors (Lipinski definition) is 0. The molecule has 0 radical (unpaired) electrons. The SMILES string of the molecule is c1ccc(-n2c3ccccc3c3cc(-c4ccc5c6ccccc6n(-c6ccc7c(c6)C6(c8ccccc8-7)c7cccc8ccc9cccc6c9c78)c5c4)ccc32)cc1. The predicted octanol–water partition coefficient (Wildman–Crippen LogP) is 14.5. The minimum atomic E-state index is -0.414. The lowest BCUT2D eigenvalue weighted by molar-refractivity contribution is 0.796. The first-order valence-electron chi connectivity index (χ1n) is 20.6. The summed E-state index contributed by atoms with van der Waals surface area (Å²) in [6.45, 7) is 0. The van der Waals surface area contributed by atoms with Crippen molar-refractivity contribution in [1.29, 1.82) is 0 Å².